The Morgan fingerprint density at radius 3 is 2.53 bits per heavy atom. The zero-order valence-corrected chi connectivity index (χ0v) is 12.8. The van der Waals surface area contributed by atoms with Gasteiger partial charge in [0, 0.05) is 23.8 Å². The van der Waals surface area contributed by atoms with Crippen molar-refractivity contribution < 1.29 is 9.59 Å². The number of nitrogens with one attached hydrogen (secondary N) is 2. The third kappa shape index (κ3) is 3.96. The molecule has 0 spiro atoms. The van der Waals surface area contributed by atoms with E-state index in [1.54, 1.807) is 39.1 Å². The largest absolute Gasteiger partial charge is 0.398 e. The van der Waals surface area contributed by atoms with E-state index >= 15 is 0 Å². The number of anilines is 1. The monoisotopic (exact) mass is 327 g/mol. The van der Waals surface area contributed by atoms with Gasteiger partial charge in [0.15, 0.2) is 0 Å². The zero-order chi connectivity index (χ0) is 14.6. The molecule has 2 amide bonds. The maximum absolute atomic E-state index is 12.0. The minimum atomic E-state index is -0.672. The highest BCUT2D eigenvalue weighted by molar-refractivity contribution is 9.10. The standard InChI is InChI=1S/C13H18BrN3O2/c1-13(2,12(19)16-3)7-17-11(18)9-5-4-8(14)6-10(9)15/h4-6H,7,15H2,1-3H3,(H,16,19)(H,17,18). The van der Waals surface area contributed by atoms with Crippen molar-refractivity contribution in [3.05, 3.63) is 28.2 Å². The summed E-state index contributed by atoms with van der Waals surface area (Å²) < 4.78 is 0.812. The Morgan fingerprint density at radius 1 is 1.37 bits per heavy atom. The number of rotatable bonds is 4. The number of hydrogen-bond donors (Lipinski definition) is 3. The van der Waals surface area contributed by atoms with Gasteiger partial charge in [-0.1, -0.05) is 15.9 Å². The first kappa shape index (κ1) is 15.5. The van der Waals surface area contributed by atoms with E-state index in [0.29, 0.717) is 11.3 Å². The van der Waals surface area contributed by atoms with Crippen molar-refractivity contribution in [1.29, 1.82) is 0 Å². The van der Waals surface area contributed by atoms with Crippen LogP contribution >= 0.6 is 15.9 Å². The van der Waals surface area contributed by atoms with Crippen molar-refractivity contribution in [2.24, 2.45) is 5.41 Å². The van der Waals surface area contributed by atoms with Crippen LogP contribution < -0.4 is 16.4 Å². The summed E-state index contributed by atoms with van der Waals surface area (Å²) >= 11 is 3.28. The molecule has 5 nitrogen and oxygen atoms in total. The average molecular weight is 328 g/mol. The van der Waals surface area contributed by atoms with Gasteiger partial charge in [0.1, 0.15) is 0 Å². The van der Waals surface area contributed by atoms with Crippen LogP contribution in [0, 0.1) is 5.41 Å². The Balaban J connectivity index is 2.73. The highest BCUT2D eigenvalue weighted by atomic mass is 79.9. The van der Waals surface area contributed by atoms with E-state index in [9.17, 15) is 9.59 Å². The van der Waals surface area contributed by atoms with Crippen LogP contribution in [0.15, 0.2) is 22.7 Å². The first-order valence-corrected chi connectivity index (χ1v) is 6.62. The molecule has 0 saturated carbocycles. The van der Waals surface area contributed by atoms with Gasteiger partial charge in [0.05, 0.1) is 11.0 Å². The number of carbonyl (C=O) groups excluding carboxylic acids is 2. The van der Waals surface area contributed by atoms with E-state index in [-0.39, 0.29) is 18.4 Å². The molecule has 1 aromatic rings. The summed E-state index contributed by atoms with van der Waals surface area (Å²) in [6.07, 6.45) is 0. The van der Waals surface area contributed by atoms with Gasteiger partial charge in [0.25, 0.3) is 5.91 Å². The number of carbonyl (C=O) groups is 2. The van der Waals surface area contributed by atoms with E-state index in [4.69, 9.17) is 5.73 Å². The van der Waals surface area contributed by atoms with Crippen molar-refractivity contribution in [1.82, 2.24) is 10.6 Å². The Hall–Kier alpha value is -1.56. The maximum atomic E-state index is 12.0. The lowest BCUT2D eigenvalue weighted by molar-refractivity contribution is -0.128. The molecule has 1 aromatic carbocycles. The lowest BCUT2D eigenvalue weighted by atomic mass is 9.92. The van der Waals surface area contributed by atoms with Crippen LogP contribution in [-0.4, -0.2) is 25.4 Å². The van der Waals surface area contributed by atoms with Crippen LogP contribution in [0.1, 0.15) is 24.2 Å². The zero-order valence-electron chi connectivity index (χ0n) is 11.2. The fraction of sp³-hybridized carbons (Fsp3) is 0.385. The van der Waals surface area contributed by atoms with Gasteiger partial charge >= 0.3 is 0 Å². The van der Waals surface area contributed by atoms with Gasteiger partial charge in [0.2, 0.25) is 5.91 Å². The van der Waals surface area contributed by atoms with Gasteiger partial charge in [-0.2, -0.15) is 0 Å². The summed E-state index contributed by atoms with van der Waals surface area (Å²) in [5, 5.41) is 5.29. The molecule has 0 unspecified atom stereocenters. The molecule has 0 aliphatic rings. The first-order valence-electron chi connectivity index (χ1n) is 5.83. The number of halogens is 1. The number of nitrogens with two attached hydrogens (primary N) is 1. The van der Waals surface area contributed by atoms with Crippen LogP contribution in [0.4, 0.5) is 5.69 Å². The van der Waals surface area contributed by atoms with Crippen LogP contribution in [-0.2, 0) is 4.79 Å². The minimum Gasteiger partial charge on any atom is -0.398 e. The van der Waals surface area contributed by atoms with Crippen LogP contribution in [0.3, 0.4) is 0 Å². The van der Waals surface area contributed by atoms with Crippen molar-refractivity contribution in [2.75, 3.05) is 19.3 Å². The average Bonchev–Trinajstić information content (AvgIpc) is 2.35. The third-order valence-electron chi connectivity index (χ3n) is 2.79. The van der Waals surface area contributed by atoms with Crippen LogP contribution in [0.5, 0.6) is 0 Å². The molecule has 104 valence electrons. The van der Waals surface area contributed by atoms with E-state index in [1.807, 2.05) is 0 Å². The predicted octanol–water partition coefficient (Wildman–Crippen LogP) is 1.53. The van der Waals surface area contributed by atoms with Gasteiger partial charge in [-0.15, -0.1) is 0 Å². The summed E-state index contributed by atoms with van der Waals surface area (Å²) in [6, 6.07) is 5.05. The molecule has 1 rings (SSSR count). The molecule has 19 heavy (non-hydrogen) atoms. The molecule has 0 radical (unpaired) electrons. The van der Waals surface area contributed by atoms with E-state index in [1.165, 1.54) is 0 Å². The fourth-order valence-corrected chi connectivity index (χ4v) is 1.93. The minimum absolute atomic E-state index is 0.128. The molecule has 0 fully saturated rings. The van der Waals surface area contributed by atoms with Crippen molar-refractivity contribution in [3.63, 3.8) is 0 Å². The molecule has 0 heterocycles. The summed E-state index contributed by atoms with van der Waals surface area (Å²) in [4.78, 5) is 23.6. The van der Waals surface area contributed by atoms with Gasteiger partial charge in [-0.25, -0.2) is 0 Å². The maximum Gasteiger partial charge on any atom is 0.253 e. The molecular formula is C13H18BrN3O2. The highest BCUT2D eigenvalue weighted by Crippen LogP contribution is 2.19. The second-order valence-corrected chi connectivity index (χ2v) is 5.79. The Labute approximate surface area is 121 Å². The quantitative estimate of drug-likeness (QED) is 0.733. The van der Waals surface area contributed by atoms with Crippen molar-refractivity contribution in [2.45, 2.75) is 13.8 Å². The lowest BCUT2D eigenvalue weighted by Gasteiger charge is -2.23. The molecule has 0 atom stereocenters. The van der Waals surface area contributed by atoms with Crippen molar-refractivity contribution >= 4 is 33.4 Å². The third-order valence-corrected chi connectivity index (χ3v) is 3.28. The first-order chi connectivity index (χ1) is 8.77. The van der Waals surface area contributed by atoms with Gasteiger partial charge in [-0.05, 0) is 32.0 Å². The predicted molar refractivity (Wildman–Crippen MR) is 78.7 cm³/mol. The molecule has 0 aromatic heterocycles. The molecule has 4 N–H and O–H groups in total. The molecule has 0 saturated heterocycles. The summed E-state index contributed by atoms with van der Waals surface area (Å²) in [5.74, 6) is -0.418. The van der Waals surface area contributed by atoms with Crippen molar-refractivity contribution in [3.8, 4) is 0 Å². The summed E-state index contributed by atoms with van der Waals surface area (Å²) in [7, 11) is 1.57. The Kier molecular flexibility index (Phi) is 4.94. The van der Waals surface area contributed by atoms with E-state index < -0.39 is 5.41 Å². The number of hydrogen-bond acceptors (Lipinski definition) is 3. The van der Waals surface area contributed by atoms with E-state index in [2.05, 4.69) is 26.6 Å². The summed E-state index contributed by atoms with van der Waals surface area (Å²) in [5.41, 5.74) is 5.90. The molecular weight excluding hydrogens is 310 g/mol. The second kappa shape index (κ2) is 6.06. The fourth-order valence-electron chi connectivity index (χ4n) is 1.56. The Morgan fingerprint density at radius 2 is 2.00 bits per heavy atom. The number of nitrogen functional groups attached to an aromatic ring is 1. The molecule has 0 aliphatic heterocycles. The topological polar surface area (TPSA) is 84.2 Å². The normalized spacial score (nSPS) is 10.9. The molecule has 0 bridgehead atoms. The van der Waals surface area contributed by atoms with Crippen LogP contribution in [0.2, 0.25) is 0 Å². The van der Waals surface area contributed by atoms with Gasteiger partial charge < -0.3 is 16.4 Å². The van der Waals surface area contributed by atoms with Gasteiger partial charge in [-0.3, -0.25) is 9.59 Å². The smallest absolute Gasteiger partial charge is 0.253 e. The van der Waals surface area contributed by atoms with Crippen LogP contribution in [0.25, 0.3) is 0 Å². The number of amides is 2. The second-order valence-electron chi connectivity index (χ2n) is 4.88. The lowest BCUT2D eigenvalue weighted by Crippen LogP contribution is -2.43. The highest BCUT2D eigenvalue weighted by Gasteiger charge is 2.27. The summed E-state index contributed by atoms with van der Waals surface area (Å²) in [6.45, 7) is 3.76. The Bertz CT molecular complexity index is 501. The number of benzene rings is 1. The molecule has 0 aliphatic carbocycles. The SMILES string of the molecule is CNC(=O)C(C)(C)CNC(=O)c1ccc(Br)cc1N. The van der Waals surface area contributed by atoms with E-state index in [0.717, 1.165) is 4.47 Å². The molecule has 6 heteroatoms.